The number of aryl methyl sites for hydroxylation is 1. The van der Waals surface area contributed by atoms with Crippen LogP contribution in [-0.2, 0) is 23.6 Å². The molecule has 1 aliphatic carbocycles. The summed E-state index contributed by atoms with van der Waals surface area (Å²) in [6.45, 7) is 11.3. The number of hydrogen-bond acceptors (Lipinski definition) is 2. The Labute approximate surface area is 165 Å². The summed E-state index contributed by atoms with van der Waals surface area (Å²) in [6, 6.07) is 6.44. The highest BCUT2D eigenvalue weighted by atomic mass is 32.2. The predicted molar refractivity (Wildman–Crippen MR) is 118 cm³/mol. The molecule has 1 aliphatic heterocycles. The molecule has 1 atom stereocenters. The van der Waals surface area contributed by atoms with Crippen molar-refractivity contribution < 1.29 is 8.63 Å². The zero-order valence-corrected chi connectivity index (χ0v) is 19.0. The van der Waals surface area contributed by atoms with Crippen molar-refractivity contribution in [2.75, 3.05) is 0 Å². The predicted octanol–water partition coefficient (Wildman–Crippen LogP) is 5.89. The highest BCUT2D eigenvalue weighted by Gasteiger charge is 2.39. The highest BCUT2D eigenvalue weighted by Crippen LogP contribution is 2.43. The monoisotopic (exact) mass is 399 g/mol. The molecular formula is C22H29NO2SSi. The van der Waals surface area contributed by atoms with Gasteiger partial charge in [-0.1, -0.05) is 26.8 Å². The van der Waals surface area contributed by atoms with E-state index in [9.17, 15) is 4.21 Å². The Morgan fingerprint density at radius 1 is 1.22 bits per heavy atom. The summed E-state index contributed by atoms with van der Waals surface area (Å²) < 4.78 is 21.7. The summed E-state index contributed by atoms with van der Waals surface area (Å²) in [5.74, 6) is 1.54. The standard InChI is InChI=1S/C22H29NO2SSi/c1-22(2,3)27(5,6)25-15-11-12-19-17(13-15)18-14-26(24)20-10-8-7-9-16(20)21(18)23(19)4/h8,10-13H,7,9,14H2,1-6H3. The molecule has 0 fully saturated rings. The van der Waals surface area contributed by atoms with Crippen LogP contribution in [0.25, 0.3) is 16.5 Å². The minimum Gasteiger partial charge on any atom is -0.543 e. The molecule has 1 aromatic heterocycles. The molecule has 0 radical (unpaired) electrons. The first-order chi connectivity index (χ1) is 12.6. The normalized spacial score (nSPS) is 20.0. The van der Waals surface area contributed by atoms with Crippen molar-refractivity contribution in [3.63, 3.8) is 0 Å². The minimum absolute atomic E-state index is 0.160. The summed E-state index contributed by atoms with van der Waals surface area (Å²) in [4.78, 5) is 1.03. The number of allylic oxidation sites excluding steroid dienone is 3. The summed E-state index contributed by atoms with van der Waals surface area (Å²) >= 11 is 0. The fourth-order valence-corrected chi connectivity index (χ4v) is 6.29. The SMILES string of the molecule is Cn1c2c(c3cc(O[Si](C)(C)C(C)(C)C)ccc31)CS(=O)C1=C2CCC=C1. The van der Waals surface area contributed by atoms with Crippen molar-refractivity contribution in [1.29, 1.82) is 0 Å². The maximum Gasteiger partial charge on any atom is 0.250 e. The molecule has 0 saturated carbocycles. The van der Waals surface area contributed by atoms with Gasteiger partial charge in [-0.2, -0.15) is 0 Å². The van der Waals surface area contributed by atoms with Gasteiger partial charge in [-0.15, -0.1) is 0 Å². The Morgan fingerprint density at radius 2 is 1.96 bits per heavy atom. The van der Waals surface area contributed by atoms with Crippen molar-refractivity contribution in [1.82, 2.24) is 4.57 Å². The van der Waals surface area contributed by atoms with Crippen LogP contribution in [0.4, 0.5) is 0 Å². The number of rotatable bonds is 2. The van der Waals surface area contributed by atoms with Crippen LogP contribution in [0.15, 0.2) is 35.3 Å². The number of hydrogen-bond donors (Lipinski definition) is 0. The fraction of sp³-hybridized carbons (Fsp3) is 0.455. The maximum absolute atomic E-state index is 12.9. The van der Waals surface area contributed by atoms with Gasteiger partial charge >= 0.3 is 0 Å². The number of fused-ring (bicyclic) bond motifs is 4. The Morgan fingerprint density at radius 3 is 2.67 bits per heavy atom. The largest absolute Gasteiger partial charge is 0.543 e. The fourth-order valence-electron chi connectivity index (χ4n) is 3.84. The third kappa shape index (κ3) is 2.95. The first-order valence-corrected chi connectivity index (χ1v) is 13.9. The first kappa shape index (κ1) is 18.8. The zero-order valence-electron chi connectivity index (χ0n) is 17.2. The lowest BCUT2D eigenvalue weighted by Gasteiger charge is -2.36. The molecule has 0 bridgehead atoms. The van der Waals surface area contributed by atoms with Crippen LogP contribution < -0.4 is 4.43 Å². The molecule has 1 unspecified atom stereocenters. The van der Waals surface area contributed by atoms with E-state index >= 15 is 0 Å². The second-order valence-corrected chi connectivity index (χ2v) is 15.3. The van der Waals surface area contributed by atoms with Crippen LogP contribution in [0, 0.1) is 0 Å². The zero-order chi connectivity index (χ0) is 19.6. The van der Waals surface area contributed by atoms with E-state index in [2.05, 4.69) is 75.8 Å². The van der Waals surface area contributed by atoms with Gasteiger partial charge in [0, 0.05) is 22.9 Å². The van der Waals surface area contributed by atoms with Crippen LogP contribution in [0.3, 0.4) is 0 Å². The second kappa shape index (κ2) is 6.21. The molecule has 3 nitrogen and oxygen atoms in total. The summed E-state index contributed by atoms with van der Waals surface area (Å²) in [7, 11) is -0.710. The minimum atomic E-state index is -1.89. The van der Waals surface area contributed by atoms with Crippen LogP contribution >= 0.6 is 0 Å². The topological polar surface area (TPSA) is 31.2 Å². The molecule has 2 aromatic rings. The smallest absolute Gasteiger partial charge is 0.250 e. The van der Waals surface area contributed by atoms with Crippen molar-refractivity contribution in [3.05, 3.63) is 46.5 Å². The number of aromatic nitrogens is 1. The lowest BCUT2D eigenvalue weighted by Crippen LogP contribution is -2.43. The van der Waals surface area contributed by atoms with Gasteiger partial charge in [0.25, 0.3) is 0 Å². The first-order valence-electron chi connectivity index (χ1n) is 9.69. The molecule has 1 aromatic carbocycles. The molecule has 0 N–H and O–H groups in total. The molecule has 0 spiro atoms. The summed E-state index contributed by atoms with van der Waals surface area (Å²) in [5, 5.41) is 1.35. The van der Waals surface area contributed by atoms with E-state index in [-0.39, 0.29) is 5.04 Å². The van der Waals surface area contributed by atoms with Crippen LogP contribution in [0.5, 0.6) is 5.75 Å². The van der Waals surface area contributed by atoms with Gasteiger partial charge in [0.1, 0.15) is 5.75 Å². The molecule has 27 heavy (non-hydrogen) atoms. The van der Waals surface area contributed by atoms with E-state index in [0.717, 1.165) is 23.5 Å². The summed E-state index contributed by atoms with van der Waals surface area (Å²) in [5.41, 5.74) is 4.96. The van der Waals surface area contributed by atoms with Crippen LogP contribution in [0.2, 0.25) is 18.1 Å². The second-order valence-electron chi connectivity index (χ2n) is 9.20. The maximum atomic E-state index is 12.9. The molecule has 4 rings (SSSR count). The third-order valence-corrected chi connectivity index (χ3v) is 12.2. The van der Waals surface area contributed by atoms with E-state index in [1.807, 2.05) is 0 Å². The summed E-state index contributed by atoms with van der Waals surface area (Å²) in [6.07, 6.45) is 6.22. The molecule has 0 saturated heterocycles. The van der Waals surface area contributed by atoms with Gasteiger partial charge in [0.05, 0.1) is 22.2 Å². The lowest BCUT2D eigenvalue weighted by molar-refractivity contribution is 0.493. The van der Waals surface area contributed by atoms with Gasteiger partial charge in [0.2, 0.25) is 8.32 Å². The van der Waals surface area contributed by atoms with E-state index in [0.29, 0.717) is 5.75 Å². The number of nitrogens with zero attached hydrogens (tertiary/aromatic N) is 1. The molecule has 144 valence electrons. The van der Waals surface area contributed by atoms with Gasteiger partial charge in [0.15, 0.2) is 0 Å². The van der Waals surface area contributed by atoms with E-state index in [4.69, 9.17) is 4.43 Å². The van der Waals surface area contributed by atoms with Crippen molar-refractivity contribution in [2.24, 2.45) is 7.05 Å². The van der Waals surface area contributed by atoms with Crippen molar-refractivity contribution >= 4 is 35.6 Å². The molecule has 0 amide bonds. The average molecular weight is 400 g/mol. The quantitative estimate of drug-likeness (QED) is 0.590. The van der Waals surface area contributed by atoms with Crippen molar-refractivity contribution in [2.45, 2.75) is 57.5 Å². The highest BCUT2D eigenvalue weighted by molar-refractivity contribution is 7.88. The van der Waals surface area contributed by atoms with Gasteiger partial charge < -0.3 is 8.99 Å². The van der Waals surface area contributed by atoms with Gasteiger partial charge in [-0.05, 0) is 66.4 Å². The average Bonchev–Trinajstić information content (AvgIpc) is 2.86. The van der Waals surface area contributed by atoms with E-state index in [1.54, 1.807) is 0 Å². The Kier molecular flexibility index (Phi) is 4.31. The third-order valence-electron chi connectivity index (χ3n) is 6.39. The van der Waals surface area contributed by atoms with E-state index in [1.165, 1.54) is 27.7 Å². The molecular weight excluding hydrogens is 370 g/mol. The van der Waals surface area contributed by atoms with Crippen LogP contribution in [-0.4, -0.2) is 17.1 Å². The Hall–Kier alpha value is -1.59. The van der Waals surface area contributed by atoms with Crippen molar-refractivity contribution in [3.8, 4) is 5.75 Å². The van der Waals surface area contributed by atoms with Gasteiger partial charge in [-0.3, -0.25) is 4.21 Å². The van der Waals surface area contributed by atoms with E-state index < -0.39 is 19.1 Å². The molecule has 2 aliphatic rings. The molecule has 2 heterocycles. The molecule has 5 heteroatoms. The Balaban J connectivity index is 1.86. The number of benzene rings is 1. The van der Waals surface area contributed by atoms with Crippen LogP contribution in [0.1, 0.15) is 44.9 Å². The Bertz CT molecular complexity index is 1020. The lowest BCUT2D eigenvalue weighted by atomic mass is 9.98. The van der Waals surface area contributed by atoms with Gasteiger partial charge in [-0.25, -0.2) is 0 Å².